The quantitative estimate of drug-likeness (QED) is 0.706. The van der Waals surface area contributed by atoms with E-state index in [4.69, 9.17) is 9.47 Å². The summed E-state index contributed by atoms with van der Waals surface area (Å²) in [5.74, 6) is 2.22. The van der Waals surface area contributed by atoms with Crippen molar-refractivity contribution in [3.05, 3.63) is 23.8 Å². The van der Waals surface area contributed by atoms with E-state index in [2.05, 4.69) is 38.2 Å². The molecule has 0 aliphatic heterocycles. The Hall–Kier alpha value is -1.22. The minimum Gasteiger partial charge on any atom is -0.493 e. The normalized spacial score (nSPS) is 13.8. The molecule has 0 heterocycles. The highest BCUT2D eigenvalue weighted by atomic mass is 16.5. The molecule has 3 heteroatoms. The van der Waals surface area contributed by atoms with Gasteiger partial charge in [-0.15, -0.1) is 0 Å². The van der Waals surface area contributed by atoms with Gasteiger partial charge in [0.1, 0.15) is 0 Å². The molecule has 2 atom stereocenters. The lowest BCUT2D eigenvalue weighted by Crippen LogP contribution is -2.36. The summed E-state index contributed by atoms with van der Waals surface area (Å²) in [6, 6.07) is 6.82. The van der Waals surface area contributed by atoms with E-state index in [1.807, 2.05) is 6.07 Å². The number of ether oxygens (including phenoxy) is 2. The van der Waals surface area contributed by atoms with Crippen LogP contribution in [0.2, 0.25) is 0 Å². The number of nitrogens with one attached hydrogen (secondary N) is 1. The maximum atomic E-state index is 5.39. The number of rotatable bonds is 10. The van der Waals surface area contributed by atoms with Crippen molar-refractivity contribution in [2.75, 3.05) is 20.8 Å². The summed E-state index contributed by atoms with van der Waals surface area (Å²) in [6.45, 7) is 7.90. The fraction of sp³-hybridized carbons (Fsp3) is 0.667. The molecule has 0 fully saturated rings. The van der Waals surface area contributed by atoms with Crippen molar-refractivity contribution in [1.29, 1.82) is 0 Å². The Kier molecular flexibility index (Phi) is 8.21. The van der Waals surface area contributed by atoms with Crippen LogP contribution in [0.15, 0.2) is 18.2 Å². The third kappa shape index (κ3) is 5.58. The fourth-order valence-corrected chi connectivity index (χ4v) is 2.75. The van der Waals surface area contributed by atoms with E-state index in [1.54, 1.807) is 14.2 Å². The topological polar surface area (TPSA) is 30.5 Å². The van der Waals surface area contributed by atoms with E-state index < -0.39 is 0 Å². The highest BCUT2D eigenvalue weighted by molar-refractivity contribution is 5.43. The van der Waals surface area contributed by atoms with E-state index in [9.17, 15) is 0 Å². The second-order valence-electron chi connectivity index (χ2n) is 5.72. The van der Waals surface area contributed by atoms with Gasteiger partial charge in [0.05, 0.1) is 14.2 Å². The molecule has 0 amide bonds. The molecule has 2 unspecified atom stereocenters. The number of hydrogen-bond donors (Lipinski definition) is 1. The Morgan fingerprint density at radius 2 is 1.76 bits per heavy atom. The van der Waals surface area contributed by atoms with E-state index in [1.165, 1.54) is 24.8 Å². The zero-order chi connectivity index (χ0) is 15.7. The smallest absolute Gasteiger partial charge is 0.160 e. The summed E-state index contributed by atoms with van der Waals surface area (Å²) in [6.07, 6.45) is 4.69. The molecule has 21 heavy (non-hydrogen) atoms. The van der Waals surface area contributed by atoms with Gasteiger partial charge in [-0.3, -0.25) is 0 Å². The predicted molar refractivity (Wildman–Crippen MR) is 89.4 cm³/mol. The van der Waals surface area contributed by atoms with Crippen molar-refractivity contribution in [2.45, 2.75) is 52.5 Å². The number of hydrogen-bond acceptors (Lipinski definition) is 3. The van der Waals surface area contributed by atoms with Gasteiger partial charge in [0, 0.05) is 6.04 Å². The van der Waals surface area contributed by atoms with Crippen molar-refractivity contribution in [3.63, 3.8) is 0 Å². The molecule has 0 saturated carbocycles. The molecule has 0 aliphatic rings. The molecule has 1 rings (SSSR count). The lowest BCUT2D eigenvalue weighted by atomic mass is 9.91. The lowest BCUT2D eigenvalue weighted by molar-refractivity contribution is 0.346. The zero-order valence-corrected chi connectivity index (χ0v) is 14.2. The third-order valence-electron chi connectivity index (χ3n) is 3.95. The first-order valence-electron chi connectivity index (χ1n) is 8.10. The molecular weight excluding hydrogens is 262 g/mol. The molecule has 0 saturated heterocycles. The Morgan fingerprint density at radius 3 is 2.33 bits per heavy atom. The molecule has 3 nitrogen and oxygen atoms in total. The average molecular weight is 293 g/mol. The van der Waals surface area contributed by atoms with Gasteiger partial charge < -0.3 is 14.8 Å². The highest BCUT2D eigenvalue weighted by Gasteiger charge is 2.17. The highest BCUT2D eigenvalue weighted by Crippen LogP contribution is 2.29. The van der Waals surface area contributed by atoms with E-state index in [0.29, 0.717) is 12.0 Å². The first-order chi connectivity index (χ1) is 10.2. The summed E-state index contributed by atoms with van der Waals surface area (Å²) in [5.41, 5.74) is 1.31. The average Bonchev–Trinajstić information content (AvgIpc) is 2.51. The molecule has 0 spiro atoms. The minimum absolute atomic E-state index is 0.586. The van der Waals surface area contributed by atoms with Crippen LogP contribution in [-0.4, -0.2) is 26.8 Å². The van der Waals surface area contributed by atoms with Gasteiger partial charge in [-0.2, -0.15) is 0 Å². The molecule has 0 aromatic heterocycles. The van der Waals surface area contributed by atoms with Crippen molar-refractivity contribution in [2.24, 2.45) is 5.92 Å². The minimum atomic E-state index is 0.586. The fourth-order valence-electron chi connectivity index (χ4n) is 2.75. The predicted octanol–water partition coefficient (Wildman–Crippen LogP) is 4.05. The summed E-state index contributed by atoms with van der Waals surface area (Å²) in [7, 11) is 3.36. The van der Waals surface area contributed by atoms with Gasteiger partial charge in [-0.05, 0) is 49.4 Å². The monoisotopic (exact) mass is 293 g/mol. The first-order valence-corrected chi connectivity index (χ1v) is 8.10. The van der Waals surface area contributed by atoms with Gasteiger partial charge in [-0.1, -0.05) is 33.3 Å². The Balaban J connectivity index is 2.73. The molecular formula is C18H31NO2. The van der Waals surface area contributed by atoms with Crippen LogP contribution in [0.25, 0.3) is 0 Å². The van der Waals surface area contributed by atoms with Gasteiger partial charge in [0.2, 0.25) is 0 Å². The SMILES string of the molecule is CCCNC(CCC)C(C)Cc1ccc(OC)c(OC)c1. The van der Waals surface area contributed by atoms with Gasteiger partial charge in [0.15, 0.2) is 11.5 Å². The molecule has 120 valence electrons. The second-order valence-corrected chi connectivity index (χ2v) is 5.72. The van der Waals surface area contributed by atoms with Crippen molar-refractivity contribution < 1.29 is 9.47 Å². The van der Waals surface area contributed by atoms with Crippen LogP contribution in [0.5, 0.6) is 11.5 Å². The maximum absolute atomic E-state index is 5.39. The van der Waals surface area contributed by atoms with E-state index in [0.717, 1.165) is 24.5 Å². The Bertz CT molecular complexity index is 406. The van der Waals surface area contributed by atoms with Crippen LogP contribution in [0.4, 0.5) is 0 Å². The zero-order valence-electron chi connectivity index (χ0n) is 14.2. The van der Waals surface area contributed by atoms with Crippen LogP contribution in [0.3, 0.4) is 0 Å². The number of methoxy groups -OCH3 is 2. The van der Waals surface area contributed by atoms with E-state index in [-0.39, 0.29) is 0 Å². The molecule has 0 radical (unpaired) electrons. The van der Waals surface area contributed by atoms with Gasteiger partial charge in [-0.25, -0.2) is 0 Å². The third-order valence-corrected chi connectivity index (χ3v) is 3.95. The summed E-state index contributed by atoms with van der Waals surface area (Å²) >= 11 is 0. The van der Waals surface area contributed by atoms with Crippen LogP contribution in [0.1, 0.15) is 45.6 Å². The second kappa shape index (κ2) is 9.67. The van der Waals surface area contributed by atoms with E-state index >= 15 is 0 Å². The standard InChI is InChI=1S/C18H31NO2/c1-6-8-16(19-11-7-2)14(3)12-15-9-10-17(20-4)18(13-15)21-5/h9-10,13-14,16,19H,6-8,11-12H2,1-5H3. The molecule has 1 aromatic rings. The summed E-state index contributed by atoms with van der Waals surface area (Å²) in [5, 5.41) is 3.69. The van der Waals surface area contributed by atoms with Crippen molar-refractivity contribution >= 4 is 0 Å². The van der Waals surface area contributed by atoms with Crippen molar-refractivity contribution in [3.8, 4) is 11.5 Å². The maximum Gasteiger partial charge on any atom is 0.160 e. The lowest BCUT2D eigenvalue weighted by Gasteiger charge is -2.25. The number of benzene rings is 1. The molecule has 0 bridgehead atoms. The molecule has 1 aromatic carbocycles. The molecule has 1 N–H and O–H groups in total. The largest absolute Gasteiger partial charge is 0.493 e. The van der Waals surface area contributed by atoms with Crippen LogP contribution in [0, 0.1) is 5.92 Å². The van der Waals surface area contributed by atoms with Crippen LogP contribution < -0.4 is 14.8 Å². The Morgan fingerprint density at radius 1 is 1.05 bits per heavy atom. The first kappa shape index (κ1) is 17.8. The summed E-state index contributed by atoms with van der Waals surface area (Å²) in [4.78, 5) is 0. The van der Waals surface area contributed by atoms with Crippen molar-refractivity contribution in [1.82, 2.24) is 5.32 Å². The molecule has 0 aliphatic carbocycles. The van der Waals surface area contributed by atoms with Crippen LogP contribution >= 0.6 is 0 Å². The summed E-state index contributed by atoms with van der Waals surface area (Å²) < 4.78 is 10.7. The van der Waals surface area contributed by atoms with Crippen LogP contribution in [-0.2, 0) is 6.42 Å². The Labute approximate surface area is 130 Å². The van der Waals surface area contributed by atoms with Gasteiger partial charge in [0.25, 0.3) is 0 Å². The van der Waals surface area contributed by atoms with Gasteiger partial charge >= 0.3 is 0 Å².